The van der Waals surface area contributed by atoms with Crippen LogP contribution in [0.3, 0.4) is 0 Å². The smallest absolute Gasteiger partial charge is 0.315 e. The molecule has 7 saturated carbocycles. The SMILES string of the molecule is COC(=O)[C@]12[C@H]3C[C@@H]([C@@H]4CCC[C@@H]43)[C@@H]3[C@H]4C[C@H]1[C@H]1CC[C@@H]([C@H]41)[C@]32O. The van der Waals surface area contributed by atoms with Crippen molar-refractivity contribution in [3.05, 3.63) is 0 Å². The van der Waals surface area contributed by atoms with Crippen molar-refractivity contribution >= 4 is 5.97 Å². The minimum absolute atomic E-state index is 0.0216. The third kappa shape index (κ3) is 0.982. The van der Waals surface area contributed by atoms with Crippen LogP contribution in [0.25, 0.3) is 0 Å². The minimum Gasteiger partial charge on any atom is -0.468 e. The van der Waals surface area contributed by atoms with E-state index >= 15 is 0 Å². The van der Waals surface area contributed by atoms with Crippen molar-refractivity contribution in [2.75, 3.05) is 7.11 Å². The number of rotatable bonds is 1. The van der Waals surface area contributed by atoms with Gasteiger partial charge in [0.05, 0.1) is 12.7 Å². The molecule has 7 aliphatic carbocycles. The number of ether oxygens (including phenoxy) is 1. The van der Waals surface area contributed by atoms with Crippen LogP contribution in [0.4, 0.5) is 0 Å². The number of hydrogen-bond acceptors (Lipinski definition) is 3. The summed E-state index contributed by atoms with van der Waals surface area (Å²) in [4.78, 5) is 13.4. The van der Waals surface area contributed by atoms with Crippen LogP contribution in [0.5, 0.6) is 0 Å². The van der Waals surface area contributed by atoms with Crippen molar-refractivity contribution in [1.82, 2.24) is 0 Å². The zero-order chi connectivity index (χ0) is 16.0. The summed E-state index contributed by atoms with van der Waals surface area (Å²) < 4.78 is 5.50. The summed E-state index contributed by atoms with van der Waals surface area (Å²) in [6, 6.07) is 0. The first-order valence-corrected chi connectivity index (χ1v) is 10.5. The fraction of sp³-hybridized carbons (Fsp3) is 0.952. The largest absolute Gasteiger partial charge is 0.468 e. The molecule has 7 bridgehead atoms. The van der Waals surface area contributed by atoms with Crippen LogP contribution in [0.1, 0.15) is 44.9 Å². The molecular weight excluding hydrogens is 300 g/mol. The van der Waals surface area contributed by atoms with E-state index in [4.69, 9.17) is 4.74 Å². The predicted octanol–water partition coefficient (Wildman–Crippen LogP) is 2.86. The number of hydrogen-bond donors (Lipinski definition) is 1. The van der Waals surface area contributed by atoms with E-state index in [1.807, 2.05) is 0 Å². The molecule has 3 nitrogen and oxygen atoms in total. The summed E-state index contributed by atoms with van der Waals surface area (Å²) in [6.07, 6.45) is 8.86. The first-order valence-electron chi connectivity index (χ1n) is 10.5. The summed E-state index contributed by atoms with van der Waals surface area (Å²) in [7, 11) is 1.57. The summed E-state index contributed by atoms with van der Waals surface area (Å²) >= 11 is 0. The van der Waals surface area contributed by atoms with Crippen LogP contribution < -0.4 is 0 Å². The van der Waals surface area contributed by atoms with E-state index in [1.54, 1.807) is 7.11 Å². The lowest BCUT2D eigenvalue weighted by atomic mass is 9.42. The lowest BCUT2D eigenvalue weighted by Gasteiger charge is -2.63. The number of fused-ring (bicyclic) bond motifs is 4. The van der Waals surface area contributed by atoms with Crippen LogP contribution >= 0.6 is 0 Å². The van der Waals surface area contributed by atoms with Gasteiger partial charge in [-0.3, -0.25) is 4.79 Å². The molecule has 0 saturated heterocycles. The maximum Gasteiger partial charge on any atom is 0.315 e. The molecule has 0 aromatic carbocycles. The van der Waals surface area contributed by atoms with E-state index in [2.05, 4.69) is 0 Å². The molecule has 7 rings (SSSR count). The molecule has 0 aromatic heterocycles. The molecule has 0 aliphatic heterocycles. The van der Waals surface area contributed by atoms with E-state index < -0.39 is 11.0 Å². The normalized spacial score (nSPS) is 69.4. The van der Waals surface area contributed by atoms with Gasteiger partial charge in [0.25, 0.3) is 0 Å². The van der Waals surface area contributed by atoms with Gasteiger partial charge in [0.15, 0.2) is 0 Å². The van der Waals surface area contributed by atoms with Crippen molar-refractivity contribution in [3.8, 4) is 0 Å². The first kappa shape index (κ1) is 13.6. The Morgan fingerprint density at radius 2 is 1.67 bits per heavy atom. The second-order valence-corrected chi connectivity index (χ2v) is 10.4. The summed E-state index contributed by atoms with van der Waals surface area (Å²) in [5.74, 6) is 6.01. The van der Waals surface area contributed by atoms with Gasteiger partial charge in [-0.1, -0.05) is 6.42 Å². The van der Waals surface area contributed by atoms with Gasteiger partial charge in [-0.05, 0) is 97.7 Å². The third-order valence-corrected chi connectivity index (χ3v) is 10.9. The Morgan fingerprint density at radius 1 is 0.917 bits per heavy atom. The average Bonchev–Trinajstić information content (AvgIpc) is 3.30. The van der Waals surface area contributed by atoms with Gasteiger partial charge in [0.2, 0.25) is 0 Å². The summed E-state index contributed by atoms with van der Waals surface area (Å²) in [5.41, 5.74) is -1.26. The zero-order valence-electron chi connectivity index (χ0n) is 14.5. The highest BCUT2D eigenvalue weighted by Crippen LogP contribution is 2.86. The molecule has 7 fully saturated rings. The van der Waals surface area contributed by atoms with E-state index in [0.29, 0.717) is 41.4 Å². The Balaban J connectivity index is 1.55. The third-order valence-electron chi connectivity index (χ3n) is 10.9. The van der Waals surface area contributed by atoms with E-state index in [9.17, 15) is 9.90 Å². The highest BCUT2D eigenvalue weighted by molar-refractivity contribution is 5.81. The maximum absolute atomic E-state index is 13.4. The number of methoxy groups -OCH3 is 1. The Morgan fingerprint density at radius 3 is 2.50 bits per heavy atom. The lowest BCUT2D eigenvalue weighted by molar-refractivity contribution is -0.257. The van der Waals surface area contributed by atoms with Gasteiger partial charge < -0.3 is 9.84 Å². The second kappa shape index (κ2) is 3.75. The number of esters is 1. The zero-order valence-corrected chi connectivity index (χ0v) is 14.5. The molecule has 0 unspecified atom stereocenters. The molecule has 24 heavy (non-hydrogen) atoms. The molecule has 0 heterocycles. The van der Waals surface area contributed by atoms with Crippen LogP contribution in [-0.4, -0.2) is 23.8 Å². The summed E-state index contributed by atoms with van der Waals surface area (Å²) in [6.45, 7) is 0. The maximum atomic E-state index is 13.4. The molecule has 12 atom stereocenters. The molecule has 130 valence electrons. The molecule has 0 radical (unpaired) electrons. The van der Waals surface area contributed by atoms with Crippen molar-refractivity contribution in [3.63, 3.8) is 0 Å². The number of aliphatic hydroxyl groups is 1. The van der Waals surface area contributed by atoms with Crippen molar-refractivity contribution in [1.29, 1.82) is 0 Å². The first-order chi connectivity index (χ1) is 11.7. The van der Waals surface area contributed by atoms with E-state index in [-0.39, 0.29) is 5.97 Å². The fourth-order valence-electron chi connectivity index (χ4n) is 11.1. The van der Waals surface area contributed by atoms with Crippen LogP contribution in [-0.2, 0) is 9.53 Å². The highest BCUT2D eigenvalue weighted by Gasteiger charge is 2.89. The van der Waals surface area contributed by atoms with Gasteiger partial charge in [-0.2, -0.15) is 0 Å². The van der Waals surface area contributed by atoms with Crippen LogP contribution in [0.15, 0.2) is 0 Å². The average molecular weight is 328 g/mol. The van der Waals surface area contributed by atoms with E-state index in [0.717, 1.165) is 17.8 Å². The van der Waals surface area contributed by atoms with Crippen molar-refractivity contribution < 1.29 is 14.6 Å². The Hall–Kier alpha value is -0.570. The monoisotopic (exact) mass is 328 g/mol. The van der Waals surface area contributed by atoms with Crippen LogP contribution in [0, 0.1) is 64.6 Å². The molecular formula is C21H28O3. The Kier molecular flexibility index (Phi) is 2.12. The molecule has 0 spiro atoms. The van der Waals surface area contributed by atoms with Crippen LogP contribution in [0.2, 0.25) is 0 Å². The summed E-state index contributed by atoms with van der Waals surface area (Å²) in [5, 5.41) is 12.4. The van der Waals surface area contributed by atoms with Crippen molar-refractivity contribution in [2.45, 2.75) is 50.5 Å². The minimum atomic E-state index is -0.719. The highest BCUT2D eigenvalue weighted by atomic mass is 16.5. The second-order valence-electron chi connectivity index (χ2n) is 10.4. The molecule has 1 N–H and O–H groups in total. The fourth-order valence-corrected chi connectivity index (χ4v) is 11.1. The number of carbonyl (C=O) groups is 1. The van der Waals surface area contributed by atoms with Gasteiger partial charge in [-0.25, -0.2) is 0 Å². The van der Waals surface area contributed by atoms with Gasteiger partial charge in [0, 0.05) is 0 Å². The predicted molar refractivity (Wildman–Crippen MR) is 86.6 cm³/mol. The van der Waals surface area contributed by atoms with E-state index in [1.165, 1.54) is 44.9 Å². The lowest BCUT2D eigenvalue weighted by Crippen LogP contribution is -2.71. The van der Waals surface area contributed by atoms with Gasteiger partial charge in [-0.15, -0.1) is 0 Å². The molecule has 3 heteroatoms. The standard InChI is InChI=1S/C21H28O3/c1-24-19(22)20-15-7-12(9-3-2-4-10(9)15)18-13-8-16(20)11-5-6-14(17(11)13)21(18,20)23/h9-18,23H,2-8H2,1H3/t9-,10+,11-,12+,13+,14+,15+,16+,17+,18-,20+,21+/m1/s1. The molecule has 0 amide bonds. The molecule has 0 aromatic rings. The Labute approximate surface area is 143 Å². The topological polar surface area (TPSA) is 46.5 Å². The quantitative estimate of drug-likeness (QED) is 0.753. The van der Waals surface area contributed by atoms with Gasteiger partial charge >= 0.3 is 5.97 Å². The van der Waals surface area contributed by atoms with Crippen molar-refractivity contribution in [2.24, 2.45) is 64.6 Å². The number of carbonyl (C=O) groups excluding carboxylic acids is 1. The Bertz CT molecular complexity index is 659. The van der Waals surface area contributed by atoms with Gasteiger partial charge in [0.1, 0.15) is 5.41 Å². The molecule has 7 aliphatic rings.